The highest BCUT2D eigenvalue weighted by atomic mass is 16.1. The molecule has 0 atom stereocenters. The molecule has 0 heterocycles. The van der Waals surface area contributed by atoms with E-state index in [1.807, 2.05) is 24.3 Å². The second-order valence-corrected chi connectivity index (χ2v) is 3.30. The van der Waals surface area contributed by atoms with Crippen LogP contribution in [0.2, 0.25) is 0 Å². The van der Waals surface area contributed by atoms with E-state index in [9.17, 15) is 4.79 Å². The van der Waals surface area contributed by atoms with Crippen molar-refractivity contribution < 1.29 is 0 Å². The summed E-state index contributed by atoms with van der Waals surface area (Å²) < 4.78 is 0. The van der Waals surface area contributed by atoms with Crippen LogP contribution in [0.25, 0.3) is 0 Å². The molecule has 0 saturated carbocycles. The standard InChI is InChI=1S/C11H12O/c12-11-9-5-1-2-6-10(11)8-4-3-7-9/h1-2,5-6H,3-4,7-8H2. The molecule has 1 aliphatic carbocycles. The normalized spacial score (nSPS) is 15.3. The summed E-state index contributed by atoms with van der Waals surface area (Å²) in [6, 6.07) is 7.84. The molecular formula is C11H12O. The Kier molecular flexibility index (Phi) is 1.94. The molecule has 12 heavy (non-hydrogen) atoms. The van der Waals surface area contributed by atoms with Gasteiger partial charge >= 0.3 is 0 Å². The predicted octanol–water partition coefficient (Wildman–Crippen LogP) is 1.93. The lowest BCUT2D eigenvalue weighted by molar-refractivity contribution is 0.752. The molecule has 1 aromatic carbocycles. The van der Waals surface area contributed by atoms with Crippen LogP contribution >= 0.6 is 0 Å². The van der Waals surface area contributed by atoms with Crippen LogP contribution in [0.5, 0.6) is 0 Å². The van der Waals surface area contributed by atoms with Gasteiger partial charge in [-0.1, -0.05) is 24.3 Å². The molecule has 1 aromatic rings. The molecule has 1 heteroatoms. The van der Waals surface area contributed by atoms with Crippen LogP contribution in [0.1, 0.15) is 24.0 Å². The third kappa shape index (κ3) is 1.27. The first kappa shape index (κ1) is 7.53. The third-order valence-electron chi connectivity index (χ3n) is 2.43. The molecule has 0 unspecified atom stereocenters. The molecule has 2 bridgehead atoms. The number of hydrogen-bond donors (Lipinski definition) is 0. The minimum Gasteiger partial charge on any atom is -0.289 e. The van der Waals surface area contributed by atoms with E-state index < -0.39 is 0 Å². The fourth-order valence-corrected chi connectivity index (χ4v) is 1.73. The zero-order chi connectivity index (χ0) is 8.39. The summed E-state index contributed by atoms with van der Waals surface area (Å²) in [6.07, 6.45) is 4.23. The lowest BCUT2D eigenvalue weighted by Gasteiger charge is -1.91. The smallest absolute Gasteiger partial charge is 0.184 e. The monoisotopic (exact) mass is 160 g/mol. The van der Waals surface area contributed by atoms with Crippen molar-refractivity contribution in [3.05, 3.63) is 45.6 Å². The first-order valence-corrected chi connectivity index (χ1v) is 4.49. The van der Waals surface area contributed by atoms with E-state index in [-0.39, 0.29) is 5.43 Å². The van der Waals surface area contributed by atoms with Crippen molar-refractivity contribution in [2.45, 2.75) is 25.7 Å². The average molecular weight is 160 g/mol. The summed E-state index contributed by atoms with van der Waals surface area (Å²) in [5.74, 6) is 0. The van der Waals surface area contributed by atoms with Gasteiger partial charge in [-0.3, -0.25) is 4.79 Å². The van der Waals surface area contributed by atoms with Gasteiger partial charge < -0.3 is 0 Å². The van der Waals surface area contributed by atoms with Gasteiger partial charge in [0.1, 0.15) is 0 Å². The molecule has 0 aliphatic heterocycles. The van der Waals surface area contributed by atoms with E-state index in [0.717, 1.165) is 36.8 Å². The molecule has 62 valence electrons. The Morgan fingerprint density at radius 2 is 1.42 bits per heavy atom. The maximum Gasteiger partial charge on any atom is 0.184 e. The maximum absolute atomic E-state index is 11.7. The van der Waals surface area contributed by atoms with E-state index in [4.69, 9.17) is 0 Å². The molecule has 1 aliphatic rings. The molecule has 0 amide bonds. The molecule has 0 aromatic heterocycles. The van der Waals surface area contributed by atoms with Gasteiger partial charge in [0, 0.05) is 0 Å². The van der Waals surface area contributed by atoms with E-state index in [2.05, 4.69) is 0 Å². The minimum absolute atomic E-state index is 0.275. The van der Waals surface area contributed by atoms with E-state index in [1.165, 1.54) is 0 Å². The van der Waals surface area contributed by atoms with Gasteiger partial charge in [-0.25, -0.2) is 0 Å². The SMILES string of the molecule is O=c1c2ccccc1CCCC2. The quantitative estimate of drug-likeness (QED) is 0.566. The van der Waals surface area contributed by atoms with Crippen LogP contribution in [-0.4, -0.2) is 0 Å². The van der Waals surface area contributed by atoms with E-state index in [1.54, 1.807) is 0 Å². The van der Waals surface area contributed by atoms with Gasteiger partial charge in [-0.2, -0.15) is 0 Å². The second-order valence-electron chi connectivity index (χ2n) is 3.30. The van der Waals surface area contributed by atoms with Gasteiger partial charge in [0.05, 0.1) is 0 Å². The third-order valence-corrected chi connectivity index (χ3v) is 2.43. The first-order chi connectivity index (χ1) is 5.88. The van der Waals surface area contributed by atoms with Crippen LogP contribution in [0.3, 0.4) is 0 Å². The highest BCUT2D eigenvalue weighted by Crippen LogP contribution is 2.09. The van der Waals surface area contributed by atoms with Crippen molar-refractivity contribution in [2.75, 3.05) is 0 Å². The van der Waals surface area contributed by atoms with Gasteiger partial charge in [-0.15, -0.1) is 0 Å². The van der Waals surface area contributed by atoms with Crippen LogP contribution in [0, 0.1) is 0 Å². The van der Waals surface area contributed by atoms with Crippen molar-refractivity contribution in [3.8, 4) is 0 Å². The minimum atomic E-state index is 0.275. The molecule has 0 radical (unpaired) electrons. The molecule has 1 nitrogen and oxygen atoms in total. The zero-order valence-electron chi connectivity index (χ0n) is 7.05. The Bertz CT molecular complexity index is 309. The Morgan fingerprint density at radius 3 is 1.92 bits per heavy atom. The lowest BCUT2D eigenvalue weighted by atomic mass is 10.1. The lowest BCUT2D eigenvalue weighted by Crippen LogP contribution is -2.07. The van der Waals surface area contributed by atoms with Crippen LogP contribution < -0.4 is 5.43 Å². The summed E-state index contributed by atoms with van der Waals surface area (Å²) in [4.78, 5) is 11.7. The summed E-state index contributed by atoms with van der Waals surface area (Å²) in [5.41, 5.74) is 2.26. The number of aryl methyl sites for hydroxylation is 2. The largest absolute Gasteiger partial charge is 0.289 e. The summed E-state index contributed by atoms with van der Waals surface area (Å²) in [6.45, 7) is 0. The molecule has 0 N–H and O–H groups in total. The van der Waals surface area contributed by atoms with E-state index >= 15 is 0 Å². The number of hydrogen-bond acceptors (Lipinski definition) is 1. The fraction of sp³-hybridized carbons (Fsp3) is 0.364. The Morgan fingerprint density at radius 1 is 0.917 bits per heavy atom. The van der Waals surface area contributed by atoms with Crippen LogP contribution in [0.4, 0.5) is 0 Å². The molecule has 2 rings (SSSR count). The van der Waals surface area contributed by atoms with Crippen LogP contribution in [-0.2, 0) is 12.8 Å². The molecule has 0 saturated heterocycles. The average Bonchev–Trinajstić information content (AvgIpc) is 2.37. The van der Waals surface area contributed by atoms with Gasteiger partial charge in [-0.05, 0) is 36.8 Å². The second kappa shape index (κ2) is 3.10. The maximum atomic E-state index is 11.7. The van der Waals surface area contributed by atoms with Crippen molar-refractivity contribution in [1.82, 2.24) is 0 Å². The summed E-state index contributed by atoms with van der Waals surface area (Å²) in [7, 11) is 0. The fourth-order valence-electron chi connectivity index (χ4n) is 1.73. The highest BCUT2D eigenvalue weighted by Gasteiger charge is 2.07. The molecular weight excluding hydrogens is 148 g/mol. The molecule has 0 fully saturated rings. The summed E-state index contributed by atoms with van der Waals surface area (Å²) in [5, 5.41) is 0. The van der Waals surface area contributed by atoms with E-state index in [0.29, 0.717) is 0 Å². The summed E-state index contributed by atoms with van der Waals surface area (Å²) >= 11 is 0. The number of fused-ring (bicyclic) bond motifs is 2. The van der Waals surface area contributed by atoms with Gasteiger partial charge in [0.15, 0.2) is 5.43 Å². The first-order valence-electron chi connectivity index (χ1n) is 4.49. The predicted molar refractivity (Wildman–Crippen MR) is 49.4 cm³/mol. The molecule has 0 spiro atoms. The van der Waals surface area contributed by atoms with Gasteiger partial charge in [0.25, 0.3) is 0 Å². The van der Waals surface area contributed by atoms with Crippen molar-refractivity contribution in [1.29, 1.82) is 0 Å². The Labute approximate surface area is 72.1 Å². The Hall–Kier alpha value is -1.11. The number of rotatable bonds is 0. The van der Waals surface area contributed by atoms with Crippen molar-refractivity contribution in [2.24, 2.45) is 0 Å². The van der Waals surface area contributed by atoms with Crippen molar-refractivity contribution >= 4 is 0 Å². The van der Waals surface area contributed by atoms with Crippen molar-refractivity contribution in [3.63, 3.8) is 0 Å². The van der Waals surface area contributed by atoms with Gasteiger partial charge in [0.2, 0.25) is 0 Å². The highest BCUT2D eigenvalue weighted by molar-refractivity contribution is 5.23. The topological polar surface area (TPSA) is 17.1 Å². The Balaban J connectivity index is 2.68. The van der Waals surface area contributed by atoms with Crippen LogP contribution in [0.15, 0.2) is 29.1 Å². The zero-order valence-corrected chi connectivity index (χ0v) is 7.05.